The van der Waals surface area contributed by atoms with Crippen LogP contribution in [0, 0.1) is 0 Å². The second kappa shape index (κ2) is 4.14. The Hall–Kier alpha value is -0.160. The first kappa shape index (κ1) is 10.4. The standard InChI is InChI=1S/C10H21N3O/c1-14-13-7-5-10(11,6-8-13)12-9-3-2-4-9/h9,12H,2-8,11H2,1H3. The second-order valence-corrected chi connectivity index (χ2v) is 4.54. The Morgan fingerprint density at radius 1 is 1.36 bits per heavy atom. The van der Waals surface area contributed by atoms with Crippen molar-refractivity contribution in [3.8, 4) is 0 Å². The maximum Gasteiger partial charge on any atom is 0.0690 e. The third-order valence-corrected chi connectivity index (χ3v) is 3.47. The van der Waals surface area contributed by atoms with E-state index in [9.17, 15) is 0 Å². The van der Waals surface area contributed by atoms with E-state index in [0.29, 0.717) is 6.04 Å². The lowest BCUT2D eigenvalue weighted by molar-refractivity contribution is -0.153. The van der Waals surface area contributed by atoms with Crippen LogP contribution in [-0.4, -0.2) is 37.0 Å². The van der Waals surface area contributed by atoms with E-state index in [0.717, 1.165) is 25.9 Å². The van der Waals surface area contributed by atoms with Gasteiger partial charge in [-0.15, -0.1) is 0 Å². The number of piperidine rings is 1. The first-order valence-electron chi connectivity index (χ1n) is 5.57. The molecule has 0 aromatic carbocycles. The summed E-state index contributed by atoms with van der Waals surface area (Å²) < 4.78 is 0. The second-order valence-electron chi connectivity index (χ2n) is 4.54. The highest BCUT2D eigenvalue weighted by atomic mass is 16.7. The van der Waals surface area contributed by atoms with Crippen molar-refractivity contribution in [2.45, 2.75) is 43.8 Å². The van der Waals surface area contributed by atoms with E-state index in [4.69, 9.17) is 10.6 Å². The van der Waals surface area contributed by atoms with Crippen molar-refractivity contribution in [3.63, 3.8) is 0 Å². The average Bonchev–Trinajstić information content (AvgIpc) is 2.13. The van der Waals surface area contributed by atoms with Crippen molar-refractivity contribution < 1.29 is 4.84 Å². The maximum atomic E-state index is 6.29. The molecule has 82 valence electrons. The van der Waals surface area contributed by atoms with E-state index >= 15 is 0 Å². The SMILES string of the molecule is CON1CCC(N)(NC2CCC2)CC1. The molecule has 0 radical (unpaired) electrons. The topological polar surface area (TPSA) is 50.5 Å². The van der Waals surface area contributed by atoms with Crippen molar-refractivity contribution in [2.75, 3.05) is 20.2 Å². The van der Waals surface area contributed by atoms with Gasteiger partial charge in [-0.05, 0) is 25.7 Å². The molecule has 1 heterocycles. The highest BCUT2D eigenvalue weighted by Crippen LogP contribution is 2.24. The van der Waals surface area contributed by atoms with Gasteiger partial charge in [-0.2, -0.15) is 5.06 Å². The Morgan fingerprint density at radius 3 is 2.43 bits per heavy atom. The molecule has 0 amide bonds. The van der Waals surface area contributed by atoms with Gasteiger partial charge in [0.05, 0.1) is 12.8 Å². The summed E-state index contributed by atoms with van der Waals surface area (Å²) in [5, 5.41) is 5.55. The van der Waals surface area contributed by atoms with Crippen LogP contribution in [0.25, 0.3) is 0 Å². The van der Waals surface area contributed by atoms with Gasteiger partial charge in [0.1, 0.15) is 0 Å². The Morgan fingerprint density at radius 2 is 2.00 bits per heavy atom. The molecular formula is C10H21N3O. The number of rotatable bonds is 3. The minimum Gasteiger partial charge on any atom is -0.313 e. The molecule has 0 bridgehead atoms. The van der Waals surface area contributed by atoms with Crippen LogP contribution in [0.5, 0.6) is 0 Å². The average molecular weight is 199 g/mol. The maximum absolute atomic E-state index is 6.29. The molecule has 1 aliphatic heterocycles. The van der Waals surface area contributed by atoms with Crippen LogP contribution >= 0.6 is 0 Å². The predicted molar refractivity (Wildman–Crippen MR) is 55.5 cm³/mol. The Kier molecular flexibility index (Phi) is 3.07. The Balaban J connectivity index is 1.78. The molecular weight excluding hydrogens is 178 g/mol. The molecule has 0 aromatic heterocycles. The molecule has 2 aliphatic rings. The Bertz CT molecular complexity index is 186. The highest BCUT2D eigenvalue weighted by Gasteiger charge is 2.34. The van der Waals surface area contributed by atoms with Crippen molar-refractivity contribution in [1.29, 1.82) is 0 Å². The van der Waals surface area contributed by atoms with Gasteiger partial charge in [0, 0.05) is 19.1 Å². The normalized spacial score (nSPS) is 28.7. The van der Waals surface area contributed by atoms with Crippen molar-refractivity contribution in [3.05, 3.63) is 0 Å². The monoisotopic (exact) mass is 199 g/mol. The number of nitrogens with zero attached hydrogens (tertiary/aromatic N) is 1. The van der Waals surface area contributed by atoms with E-state index in [1.165, 1.54) is 19.3 Å². The lowest BCUT2D eigenvalue weighted by Crippen LogP contribution is -2.63. The number of hydroxylamine groups is 2. The molecule has 0 aromatic rings. The minimum absolute atomic E-state index is 0.139. The van der Waals surface area contributed by atoms with Gasteiger partial charge in [0.15, 0.2) is 0 Å². The molecule has 1 aliphatic carbocycles. The van der Waals surface area contributed by atoms with Gasteiger partial charge in [0.2, 0.25) is 0 Å². The van der Waals surface area contributed by atoms with E-state index < -0.39 is 0 Å². The molecule has 14 heavy (non-hydrogen) atoms. The predicted octanol–water partition coefficient (Wildman–Crippen LogP) is 0.441. The van der Waals surface area contributed by atoms with E-state index in [-0.39, 0.29) is 5.66 Å². The summed E-state index contributed by atoms with van der Waals surface area (Å²) in [6, 6.07) is 0.675. The smallest absolute Gasteiger partial charge is 0.0690 e. The van der Waals surface area contributed by atoms with Gasteiger partial charge in [-0.1, -0.05) is 6.42 Å². The molecule has 0 unspecified atom stereocenters. The zero-order chi connectivity index (χ0) is 10.0. The van der Waals surface area contributed by atoms with E-state index in [2.05, 4.69) is 5.32 Å². The molecule has 2 fully saturated rings. The molecule has 0 atom stereocenters. The van der Waals surface area contributed by atoms with Crippen LogP contribution < -0.4 is 11.1 Å². The summed E-state index contributed by atoms with van der Waals surface area (Å²) in [4.78, 5) is 5.18. The number of nitrogens with two attached hydrogens (primary N) is 1. The lowest BCUT2D eigenvalue weighted by Gasteiger charge is -2.43. The summed E-state index contributed by atoms with van der Waals surface area (Å²) >= 11 is 0. The summed E-state index contributed by atoms with van der Waals surface area (Å²) in [6.07, 6.45) is 5.92. The largest absolute Gasteiger partial charge is 0.313 e. The van der Waals surface area contributed by atoms with Gasteiger partial charge >= 0.3 is 0 Å². The van der Waals surface area contributed by atoms with Crippen LogP contribution in [0.3, 0.4) is 0 Å². The zero-order valence-electron chi connectivity index (χ0n) is 8.96. The molecule has 3 N–H and O–H groups in total. The third-order valence-electron chi connectivity index (χ3n) is 3.47. The van der Waals surface area contributed by atoms with Crippen molar-refractivity contribution in [1.82, 2.24) is 10.4 Å². The summed E-state index contributed by atoms with van der Waals surface area (Å²) in [7, 11) is 1.73. The van der Waals surface area contributed by atoms with Gasteiger partial charge in [-0.25, -0.2) is 0 Å². The van der Waals surface area contributed by atoms with Crippen LogP contribution in [0.2, 0.25) is 0 Å². The molecule has 0 spiro atoms. The summed E-state index contributed by atoms with van der Waals surface area (Å²) in [5.74, 6) is 0. The first-order chi connectivity index (χ1) is 6.72. The molecule has 4 heteroatoms. The molecule has 1 saturated carbocycles. The van der Waals surface area contributed by atoms with Crippen LogP contribution in [0.15, 0.2) is 0 Å². The number of hydrogen-bond donors (Lipinski definition) is 2. The Labute approximate surface area is 85.7 Å². The first-order valence-corrected chi connectivity index (χ1v) is 5.57. The van der Waals surface area contributed by atoms with Crippen molar-refractivity contribution in [2.24, 2.45) is 5.73 Å². The number of nitrogens with one attached hydrogen (secondary N) is 1. The molecule has 1 saturated heterocycles. The van der Waals surface area contributed by atoms with Crippen LogP contribution in [0.1, 0.15) is 32.1 Å². The van der Waals surface area contributed by atoms with Crippen LogP contribution in [-0.2, 0) is 4.84 Å². The fourth-order valence-electron chi connectivity index (χ4n) is 2.17. The van der Waals surface area contributed by atoms with Gasteiger partial charge in [0.25, 0.3) is 0 Å². The lowest BCUT2D eigenvalue weighted by atomic mass is 9.89. The van der Waals surface area contributed by atoms with Gasteiger partial charge in [-0.3, -0.25) is 5.32 Å². The van der Waals surface area contributed by atoms with E-state index in [1.54, 1.807) is 7.11 Å². The van der Waals surface area contributed by atoms with Crippen LogP contribution in [0.4, 0.5) is 0 Å². The highest BCUT2D eigenvalue weighted by molar-refractivity contribution is 4.91. The van der Waals surface area contributed by atoms with Crippen molar-refractivity contribution >= 4 is 0 Å². The summed E-state index contributed by atoms with van der Waals surface area (Å²) in [6.45, 7) is 1.87. The third kappa shape index (κ3) is 2.25. The molecule has 2 rings (SSSR count). The molecule has 4 nitrogen and oxygen atoms in total. The minimum atomic E-state index is -0.139. The fourth-order valence-corrected chi connectivity index (χ4v) is 2.17. The van der Waals surface area contributed by atoms with Gasteiger partial charge < -0.3 is 10.6 Å². The quantitative estimate of drug-likeness (QED) is 0.648. The van der Waals surface area contributed by atoms with E-state index in [1.807, 2.05) is 5.06 Å². The number of hydrogen-bond acceptors (Lipinski definition) is 4. The summed E-state index contributed by atoms with van der Waals surface area (Å²) in [5.41, 5.74) is 6.15. The zero-order valence-corrected chi connectivity index (χ0v) is 8.96. The fraction of sp³-hybridized carbons (Fsp3) is 1.00.